The van der Waals surface area contributed by atoms with Crippen LogP contribution in [0, 0.1) is 5.82 Å². The maximum atomic E-state index is 14.5. The molecule has 0 radical (unpaired) electrons. The molecule has 2 aromatic heterocycles. The first-order chi connectivity index (χ1) is 15.0. The molecule has 0 unspecified atom stereocenters. The van der Waals surface area contributed by atoms with Gasteiger partial charge < -0.3 is 14.8 Å². The number of fused-ring (bicyclic) bond motifs is 3. The first-order valence-corrected chi connectivity index (χ1v) is 11.8. The molecule has 3 heterocycles. The van der Waals surface area contributed by atoms with Gasteiger partial charge in [0, 0.05) is 17.0 Å². The van der Waals surface area contributed by atoms with Gasteiger partial charge in [-0.15, -0.1) is 11.3 Å². The van der Waals surface area contributed by atoms with Crippen LogP contribution in [-0.4, -0.2) is 32.9 Å². The first-order valence-electron chi connectivity index (χ1n) is 10.9. The highest BCUT2D eigenvalue weighted by Crippen LogP contribution is 2.36. The lowest BCUT2D eigenvalue weighted by Gasteiger charge is -2.44. The number of amides is 2. The Morgan fingerprint density at radius 2 is 2.00 bits per heavy atom. The number of carbonyl (C=O) groups excluding carboxylic acids is 2. The topological polar surface area (TPSA) is 54.3 Å². The lowest BCUT2D eigenvalue weighted by molar-refractivity contribution is -0.134. The van der Waals surface area contributed by atoms with Gasteiger partial charge >= 0.3 is 0 Å². The second-order valence-corrected chi connectivity index (χ2v) is 9.76. The van der Waals surface area contributed by atoms with E-state index in [4.69, 9.17) is 0 Å². The Hall–Kier alpha value is -2.67. The molecule has 1 aliphatic carbocycles. The van der Waals surface area contributed by atoms with Gasteiger partial charge in [0.05, 0.1) is 13.1 Å². The molecular formula is C24H26FN3O2S. The average molecular weight is 440 g/mol. The lowest BCUT2D eigenvalue weighted by Crippen LogP contribution is -2.64. The van der Waals surface area contributed by atoms with Gasteiger partial charge in [0.2, 0.25) is 5.91 Å². The highest BCUT2D eigenvalue weighted by atomic mass is 32.1. The molecule has 0 spiro atoms. The minimum absolute atomic E-state index is 0.0545. The van der Waals surface area contributed by atoms with Gasteiger partial charge in [0.15, 0.2) is 0 Å². The zero-order chi connectivity index (χ0) is 21.6. The van der Waals surface area contributed by atoms with Gasteiger partial charge in [-0.05, 0) is 43.3 Å². The van der Waals surface area contributed by atoms with Crippen LogP contribution in [0.15, 0.2) is 41.8 Å². The van der Waals surface area contributed by atoms with Crippen molar-refractivity contribution in [3.63, 3.8) is 0 Å². The van der Waals surface area contributed by atoms with E-state index in [-0.39, 0.29) is 30.2 Å². The molecule has 5 nitrogen and oxygen atoms in total. The zero-order valence-electron chi connectivity index (χ0n) is 17.6. The van der Waals surface area contributed by atoms with Crippen LogP contribution in [0.5, 0.6) is 0 Å². The van der Waals surface area contributed by atoms with Crippen molar-refractivity contribution in [1.82, 2.24) is 14.8 Å². The number of benzene rings is 1. The maximum absolute atomic E-state index is 14.5. The summed E-state index contributed by atoms with van der Waals surface area (Å²) in [6, 6.07) is 10.4. The van der Waals surface area contributed by atoms with Crippen molar-refractivity contribution in [3.8, 4) is 0 Å². The van der Waals surface area contributed by atoms with E-state index in [9.17, 15) is 14.0 Å². The van der Waals surface area contributed by atoms with E-state index in [0.29, 0.717) is 17.8 Å². The predicted octanol–water partition coefficient (Wildman–Crippen LogP) is 4.71. The van der Waals surface area contributed by atoms with Crippen LogP contribution in [-0.2, 0) is 17.9 Å². The zero-order valence-corrected chi connectivity index (χ0v) is 18.4. The summed E-state index contributed by atoms with van der Waals surface area (Å²) in [6.45, 7) is 2.22. The maximum Gasteiger partial charge on any atom is 0.271 e. The van der Waals surface area contributed by atoms with Gasteiger partial charge in [0.25, 0.3) is 5.91 Å². The van der Waals surface area contributed by atoms with E-state index in [1.807, 2.05) is 29.0 Å². The summed E-state index contributed by atoms with van der Waals surface area (Å²) < 4.78 is 16.4. The Morgan fingerprint density at radius 3 is 2.77 bits per heavy atom. The quantitative estimate of drug-likeness (QED) is 0.640. The fraction of sp³-hybridized carbons (Fsp3) is 0.417. The number of rotatable bonds is 4. The van der Waals surface area contributed by atoms with Crippen LogP contribution >= 0.6 is 11.3 Å². The number of nitrogens with zero attached hydrogens (tertiary/aromatic N) is 2. The van der Waals surface area contributed by atoms with E-state index in [1.54, 1.807) is 34.4 Å². The molecule has 1 aromatic carbocycles. The number of thiophene rings is 1. The monoisotopic (exact) mass is 439 g/mol. The molecule has 7 heteroatoms. The smallest absolute Gasteiger partial charge is 0.271 e. The minimum atomic E-state index is -1.11. The molecule has 3 aromatic rings. The second-order valence-electron chi connectivity index (χ2n) is 8.86. The van der Waals surface area contributed by atoms with E-state index >= 15 is 0 Å². The van der Waals surface area contributed by atoms with Gasteiger partial charge in [-0.2, -0.15) is 0 Å². The summed E-state index contributed by atoms with van der Waals surface area (Å²) in [7, 11) is 0. The summed E-state index contributed by atoms with van der Waals surface area (Å²) in [5.74, 6) is -0.764. The molecule has 1 N–H and O–H groups in total. The molecule has 0 bridgehead atoms. The van der Waals surface area contributed by atoms with Crippen LogP contribution in [0.1, 0.15) is 55.1 Å². The first kappa shape index (κ1) is 20.2. The summed E-state index contributed by atoms with van der Waals surface area (Å²) in [4.78, 5) is 29.8. The molecule has 1 fully saturated rings. The molecule has 1 atom stereocenters. The van der Waals surface area contributed by atoms with Crippen molar-refractivity contribution in [2.45, 2.75) is 63.7 Å². The van der Waals surface area contributed by atoms with E-state index in [2.05, 4.69) is 5.32 Å². The normalized spacial score (nSPS) is 22.0. The van der Waals surface area contributed by atoms with Crippen molar-refractivity contribution in [2.75, 3.05) is 0 Å². The third-order valence-corrected chi connectivity index (χ3v) is 7.70. The molecule has 2 aliphatic rings. The number of nitrogens with one attached hydrogen (secondary N) is 1. The Balaban J connectivity index is 1.54. The third-order valence-electron chi connectivity index (χ3n) is 6.74. The molecule has 0 saturated heterocycles. The van der Waals surface area contributed by atoms with E-state index in [1.165, 1.54) is 12.5 Å². The van der Waals surface area contributed by atoms with Crippen LogP contribution < -0.4 is 5.32 Å². The third kappa shape index (κ3) is 3.45. The van der Waals surface area contributed by atoms with Crippen molar-refractivity contribution in [3.05, 3.63) is 58.9 Å². The Morgan fingerprint density at radius 1 is 1.23 bits per heavy atom. The summed E-state index contributed by atoms with van der Waals surface area (Å²) >= 11 is 1.57. The van der Waals surface area contributed by atoms with Gasteiger partial charge in [-0.3, -0.25) is 9.59 Å². The van der Waals surface area contributed by atoms with E-state index < -0.39 is 5.54 Å². The number of hydrogen-bond donors (Lipinski definition) is 1. The molecule has 31 heavy (non-hydrogen) atoms. The molecule has 1 saturated carbocycles. The van der Waals surface area contributed by atoms with Crippen molar-refractivity contribution in [1.29, 1.82) is 0 Å². The SMILES string of the molecule is C[C@@]1(C(=O)NC2CCCCC2)Cn2c(cc3ccsc32)C(=O)N1Cc1ccccc1F. The number of aromatic nitrogens is 1. The minimum Gasteiger partial charge on any atom is -0.351 e. The fourth-order valence-corrected chi connectivity index (χ4v) is 5.79. The van der Waals surface area contributed by atoms with Crippen LogP contribution in [0.3, 0.4) is 0 Å². The Labute approximate surface area is 184 Å². The van der Waals surface area contributed by atoms with Crippen LogP contribution in [0.2, 0.25) is 0 Å². The predicted molar refractivity (Wildman–Crippen MR) is 120 cm³/mol. The summed E-state index contributed by atoms with van der Waals surface area (Å²) in [5, 5.41) is 6.20. The standard InChI is InChI=1S/C24H26FN3O2S/c1-24(23(30)26-18-8-3-2-4-9-18)15-27-20(13-16-11-12-31-22(16)27)21(29)28(24)14-17-7-5-6-10-19(17)25/h5-7,10-13,18H,2-4,8-9,14-15H2,1H3,(H,26,30)/t24-/m0/s1. The van der Waals surface area contributed by atoms with Crippen molar-refractivity contribution in [2.24, 2.45) is 0 Å². The molecule has 162 valence electrons. The number of hydrogen-bond acceptors (Lipinski definition) is 3. The van der Waals surface area contributed by atoms with Crippen molar-refractivity contribution < 1.29 is 14.0 Å². The molecule has 2 amide bonds. The number of carbonyl (C=O) groups is 2. The summed E-state index contributed by atoms with van der Waals surface area (Å²) in [5.41, 5.74) is -0.143. The Bertz CT molecular complexity index is 1150. The lowest BCUT2D eigenvalue weighted by atomic mass is 9.91. The number of halogens is 1. The molecular weight excluding hydrogens is 413 g/mol. The van der Waals surface area contributed by atoms with Crippen LogP contribution in [0.25, 0.3) is 10.2 Å². The van der Waals surface area contributed by atoms with E-state index in [0.717, 1.165) is 35.9 Å². The highest BCUT2D eigenvalue weighted by Gasteiger charge is 2.48. The van der Waals surface area contributed by atoms with Gasteiger partial charge in [-0.25, -0.2) is 4.39 Å². The van der Waals surface area contributed by atoms with Crippen LogP contribution in [0.4, 0.5) is 4.39 Å². The highest BCUT2D eigenvalue weighted by molar-refractivity contribution is 7.16. The second kappa shape index (κ2) is 7.79. The Kier molecular flexibility index (Phi) is 5.08. The molecule has 5 rings (SSSR count). The average Bonchev–Trinajstić information content (AvgIpc) is 3.35. The van der Waals surface area contributed by atoms with Gasteiger partial charge in [-0.1, -0.05) is 37.5 Å². The largest absolute Gasteiger partial charge is 0.351 e. The summed E-state index contributed by atoms with van der Waals surface area (Å²) in [6.07, 6.45) is 5.35. The van der Waals surface area contributed by atoms with Crippen molar-refractivity contribution >= 4 is 33.4 Å². The molecule has 1 aliphatic heterocycles. The van der Waals surface area contributed by atoms with Gasteiger partial charge in [0.1, 0.15) is 21.9 Å². The fourth-order valence-electron chi connectivity index (χ4n) is 4.89.